The van der Waals surface area contributed by atoms with Crippen LogP contribution in [0.3, 0.4) is 0 Å². The molecule has 6 heteroatoms. The average molecular weight is 458 g/mol. The zero-order chi connectivity index (χ0) is 17.4. The third-order valence-electron chi connectivity index (χ3n) is 4.27. The lowest BCUT2D eigenvalue weighted by molar-refractivity contribution is -0.128. The van der Waals surface area contributed by atoms with E-state index in [0.29, 0.717) is 12.3 Å². The van der Waals surface area contributed by atoms with Gasteiger partial charge in [0.25, 0.3) is 0 Å². The Morgan fingerprint density at radius 2 is 1.88 bits per heavy atom. The Balaban J connectivity index is 0.00000312. The number of guanidine groups is 1. The molecule has 25 heavy (non-hydrogen) atoms. The van der Waals surface area contributed by atoms with Crippen LogP contribution >= 0.6 is 24.0 Å². The molecule has 1 aromatic rings. The fraction of sp³-hybridized carbons (Fsp3) is 0.579. The van der Waals surface area contributed by atoms with Crippen LogP contribution in [0.15, 0.2) is 29.3 Å². The average Bonchev–Trinajstić information content (AvgIpc) is 2.97. The lowest BCUT2D eigenvalue weighted by atomic mass is 10.1. The van der Waals surface area contributed by atoms with Crippen LogP contribution in [-0.4, -0.2) is 36.9 Å². The van der Waals surface area contributed by atoms with Crippen molar-refractivity contribution in [1.82, 2.24) is 15.5 Å². The van der Waals surface area contributed by atoms with E-state index < -0.39 is 0 Å². The molecule has 0 unspecified atom stereocenters. The molecule has 0 aliphatic carbocycles. The highest BCUT2D eigenvalue weighted by Crippen LogP contribution is 2.14. The minimum atomic E-state index is 0. The minimum absolute atomic E-state index is 0. The molecule has 1 amide bonds. The fourth-order valence-electron chi connectivity index (χ4n) is 2.74. The van der Waals surface area contributed by atoms with E-state index in [1.165, 1.54) is 11.1 Å². The highest BCUT2D eigenvalue weighted by Gasteiger charge is 2.19. The van der Waals surface area contributed by atoms with E-state index in [9.17, 15) is 4.79 Å². The molecular formula is C19H31IN4O. The summed E-state index contributed by atoms with van der Waals surface area (Å²) in [6.45, 7) is 7.72. The third-order valence-corrected chi connectivity index (χ3v) is 4.27. The van der Waals surface area contributed by atoms with Gasteiger partial charge >= 0.3 is 0 Å². The number of carbonyl (C=O) groups is 1. The van der Waals surface area contributed by atoms with Gasteiger partial charge in [-0.2, -0.15) is 0 Å². The molecule has 2 rings (SSSR count). The molecule has 1 saturated heterocycles. The number of halogens is 1. The second-order valence-electron chi connectivity index (χ2n) is 6.77. The van der Waals surface area contributed by atoms with E-state index in [1.807, 2.05) is 4.90 Å². The second-order valence-corrected chi connectivity index (χ2v) is 6.77. The quantitative estimate of drug-likeness (QED) is 0.375. The molecule has 1 fully saturated rings. The first-order valence-electron chi connectivity index (χ1n) is 8.88. The lowest BCUT2D eigenvalue weighted by Gasteiger charge is -2.16. The number of benzene rings is 1. The van der Waals surface area contributed by atoms with Crippen LogP contribution in [-0.2, 0) is 17.9 Å². The van der Waals surface area contributed by atoms with Crippen LogP contribution in [0.1, 0.15) is 44.2 Å². The number of rotatable bonds is 7. The molecule has 140 valence electrons. The molecule has 2 N–H and O–H groups in total. The summed E-state index contributed by atoms with van der Waals surface area (Å²) in [7, 11) is 1.79. The van der Waals surface area contributed by atoms with Crippen molar-refractivity contribution in [3.8, 4) is 0 Å². The molecule has 0 saturated carbocycles. The summed E-state index contributed by atoms with van der Waals surface area (Å²) >= 11 is 0. The number of nitrogens with zero attached hydrogens (tertiary/aromatic N) is 2. The molecule has 0 radical (unpaired) electrons. The van der Waals surface area contributed by atoms with Gasteiger partial charge in [0.05, 0.1) is 0 Å². The van der Waals surface area contributed by atoms with Crippen LogP contribution in [0, 0.1) is 5.92 Å². The largest absolute Gasteiger partial charge is 0.356 e. The van der Waals surface area contributed by atoms with Gasteiger partial charge in [0.1, 0.15) is 0 Å². The molecule has 0 spiro atoms. The number of amides is 1. The number of carbonyl (C=O) groups excluding carboxylic acids is 1. The standard InChI is InChI=1S/C19H30N4O.HI/c1-15(2)10-11-21-19(20-3)22-13-16-6-8-17(9-7-16)14-23-12-4-5-18(23)24;/h6-9,15H,4-5,10-14H2,1-3H3,(H2,20,21,22);1H. The van der Waals surface area contributed by atoms with E-state index >= 15 is 0 Å². The lowest BCUT2D eigenvalue weighted by Crippen LogP contribution is -2.37. The molecule has 5 nitrogen and oxygen atoms in total. The summed E-state index contributed by atoms with van der Waals surface area (Å²) in [6, 6.07) is 8.45. The Hall–Kier alpha value is -1.31. The first kappa shape index (κ1) is 21.7. The van der Waals surface area contributed by atoms with Gasteiger partial charge in [0, 0.05) is 39.6 Å². The Kier molecular flexibility index (Phi) is 9.85. The monoisotopic (exact) mass is 458 g/mol. The number of aliphatic imine (C=N–C) groups is 1. The van der Waals surface area contributed by atoms with Crippen LogP contribution in [0.25, 0.3) is 0 Å². The molecule has 0 atom stereocenters. The maximum atomic E-state index is 11.7. The van der Waals surface area contributed by atoms with Crippen molar-refractivity contribution < 1.29 is 4.79 Å². The number of hydrogen-bond donors (Lipinski definition) is 2. The molecule has 1 aliphatic rings. The molecule has 1 aliphatic heterocycles. The van der Waals surface area contributed by atoms with Crippen LogP contribution in [0.5, 0.6) is 0 Å². The van der Waals surface area contributed by atoms with Crippen molar-refractivity contribution in [3.63, 3.8) is 0 Å². The predicted octanol–water partition coefficient (Wildman–Crippen LogP) is 3.14. The summed E-state index contributed by atoms with van der Waals surface area (Å²) < 4.78 is 0. The highest BCUT2D eigenvalue weighted by molar-refractivity contribution is 14.0. The molecule has 1 aromatic carbocycles. The summed E-state index contributed by atoms with van der Waals surface area (Å²) in [6.07, 6.45) is 2.82. The Morgan fingerprint density at radius 3 is 2.44 bits per heavy atom. The Labute approximate surface area is 168 Å². The van der Waals surface area contributed by atoms with E-state index in [2.05, 4.69) is 53.7 Å². The van der Waals surface area contributed by atoms with Gasteiger partial charge < -0.3 is 15.5 Å². The predicted molar refractivity (Wildman–Crippen MR) is 114 cm³/mol. The van der Waals surface area contributed by atoms with Gasteiger partial charge in [-0.05, 0) is 29.9 Å². The maximum Gasteiger partial charge on any atom is 0.222 e. The van der Waals surface area contributed by atoms with Gasteiger partial charge in [0.15, 0.2) is 5.96 Å². The second kappa shape index (κ2) is 11.3. The zero-order valence-corrected chi connectivity index (χ0v) is 17.9. The van der Waals surface area contributed by atoms with E-state index in [4.69, 9.17) is 0 Å². The molecule has 1 heterocycles. The fourth-order valence-corrected chi connectivity index (χ4v) is 2.74. The van der Waals surface area contributed by atoms with E-state index in [1.54, 1.807) is 7.05 Å². The van der Waals surface area contributed by atoms with Crippen molar-refractivity contribution in [2.24, 2.45) is 10.9 Å². The summed E-state index contributed by atoms with van der Waals surface area (Å²) in [5.41, 5.74) is 2.40. The van der Waals surface area contributed by atoms with Crippen LogP contribution < -0.4 is 10.6 Å². The van der Waals surface area contributed by atoms with E-state index in [-0.39, 0.29) is 29.9 Å². The van der Waals surface area contributed by atoms with E-state index in [0.717, 1.165) is 45.0 Å². The Morgan fingerprint density at radius 1 is 1.20 bits per heavy atom. The first-order chi connectivity index (χ1) is 11.6. The third kappa shape index (κ3) is 7.63. The summed E-state index contributed by atoms with van der Waals surface area (Å²) in [5.74, 6) is 1.80. The van der Waals surface area contributed by atoms with Crippen LogP contribution in [0.2, 0.25) is 0 Å². The van der Waals surface area contributed by atoms with Crippen LogP contribution in [0.4, 0.5) is 0 Å². The summed E-state index contributed by atoms with van der Waals surface area (Å²) in [5, 5.41) is 6.66. The molecular weight excluding hydrogens is 427 g/mol. The van der Waals surface area contributed by atoms with Gasteiger partial charge in [-0.3, -0.25) is 9.79 Å². The molecule has 0 aromatic heterocycles. The van der Waals surface area contributed by atoms with Crippen molar-refractivity contribution in [1.29, 1.82) is 0 Å². The Bertz CT molecular complexity index is 557. The van der Waals surface area contributed by atoms with Crippen molar-refractivity contribution >= 4 is 35.8 Å². The number of likely N-dealkylation sites (tertiary alicyclic amines) is 1. The van der Waals surface area contributed by atoms with Gasteiger partial charge in [-0.1, -0.05) is 38.1 Å². The summed E-state index contributed by atoms with van der Waals surface area (Å²) in [4.78, 5) is 17.9. The van der Waals surface area contributed by atoms with Crippen molar-refractivity contribution in [2.75, 3.05) is 20.1 Å². The number of nitrogens with one attached hydrogen (secondary N) is 2. The first-order valence-corrected chi connectivity index (χ1v) is 8.88. The molecule has 0 bridgehead atoms. The topological polar surface area (TPSA) is 56.7 Å². The van der Waals surface area contributed by atoms with Crippen molar-refractivity contribution in [2.45, 2.75) is 46.2 Å². The van der Waals surface area contributed by atoms with Gasteiger partial charge in [0.2, 0.25) is 5.91 Å². The van der Waals surface area contributed by atoms with Gasteiger partial charge in [-0.15, -0.1) is 24.0 Å². The SMILES string of the molecule is CN=C(NCCC(C)C)NCc1ccc(CN2CCCC2=O)cc1.I. The normalized spacial score (nSPS) is 14.6. The minimum Gasteiger partial charge on any atom is -0.356 e. The maximum absolute atomic E-state index is 11.7. The highest BCUT2D eigenvalue weighted by atomic mass is 127. The van der Waals surface area contributed by atoms with Crippen molar-refractivity contribution in [3.05, 3.63) is 35.4 Å². The number of hydrogen-bond acceptors (Lipinski definition) is 2. The zero-order valence-electron chi connectivity index (χ0n) is 15.5. The smallest absolute Gasteiger partial charge is 0.222 e. The van der Waals surface area contributed by atoms with Gasteiger partial charge in [-0.25, -0.2) is 0 Å².